The first kappa shape index (κ1) is 12.7. The van der Waals surface area contributed by atoms with E-state index in [0.717, 1.165) is 6.54 Å². The topological polar surface area (TPSA) is 81.7 Å². The summed E-state index contributed by atoms with van der Waals surface area (Å²) in [4.78, 5) is 23.0. The largest absolute Gasteiger partial charge is 0.481 e. The molecule has 0 atom stereocenters. The standard InChI is InChI=1S/C8H17N3O3/c1-11(2)6-5-10-8(14)9-4-3-7(12)13/h3-6H2,1-2H3,(H,12,13)(H2,9,10,14). The molecule has 6 nitrogen and oxygen atoms in total. The molecule has 0 radical (unpaired) electrons. The molecule has 0 aromatic rings. The fourth-order valence-corrected chi connectivity index (χ4v) is 0.739. The van der Waals surface area contributed by atoms with Crippen molar-refractivity contribution >= 4 is 12.0 Å². The molecule has 0 aromatic carbocycles. The van der Waals surface area contributed by atoms with Gasteiger partial charge in [-0.1, -0.05) is 0 Å². The fraction of sp³-hybridized carbons (Fsp3) is 0.750. The minimum absolute atomic E-state index is 0.0545. The number of hydrogen-bond donors (Lipinski definition) is 3. The average Bonchev–Trinajstić information content (AvgIpc) is 2.02. The maximum absolute atomic E-state index is 11.0. The molecule has 0 aromatic heterocycles. The van der Waals surface area contributed by atoms with Gasteiger partial charge >= 0.3 is 12.0 Å². The summed E-state index contributed by atoms with van der Waals surface area (Å²) in [6.07, 6.45) is -0.0545. The van der Waals surface area contributed by atoms with Crippen LogP contribution in [0.1, 0.15) is 6.42 Å². The van der Waals surface area contributed by atoms with E-state index < -0.39 is 5.97 Å². The number of likely N-dealkylation sites (N-methyl/N-ethyl adjacent to an activating group) is 1. The van der Waals surface area contributed by atoms with Gasteiger partial charge in [0, 0.05) is 19.6 Å². The monoisotopic (exact) mass is 203 g/mol. The van der Waals surface area contributed by atoms with E-state index in [1.54, 1.807) is 0 Å². The Kier molecular flexibility index (Phi) is 6.47. The third-order valence-corrected chi connectivity index (χ3v) is 1.47. The Labute approximate surface area is 83.3 Å². The number of aliphatic carboxylic acids is 1. The van der Waals surface area contributed by atoms with Crippen molar-refractivity contribution in [2.45, 2.75) is 6.42 Å². The van der Waals surface area contributed by atoms with Crippen LogP contribution in [-0.2, 0) is 4.79 Å². The Morgan fingerprint density at radius 3 is 2.29 bits per heavy atom. The molecule has 0 heterocycles. The zero-order valence-electron chi connectivity index (χ0n) is 8.54. The summed E-state index contributed by atoms with van der Waals surface area (Å²) in [7, 11) is 3.81. The molecule has 0 aliphatic heterocycles. The summed E-state index contributed by atoms with van der Waals surface area (Å²) in [5, 5.41) is 13.3. The van der Waals surface area contributed by atoms with Crippen LogP contribution in [0.25, 0.3) is 0 Å². The highest BCUT2D eigenvalue weighted by atomic mass is 16.4. The van der Waals surface area contributed by atoms with Gasteiger partial charge in [0.25, 0.3) is 0 Å². The van der Waals surface area contributed by atoms with E-state index in [0.29, 0.717) is 6.54 Å². The van der Waals surface area contributed by atoms with Gasteiger partial charge < -0.3 is 20.6 Å². The van der Waals surface area contributed by atoms with Crippen LogP contribution in [0.4, 0.5) is 4.79 Å². The van der Waals surface area contributed by atoms with Crippen LogP contribution in [0.2, 0.25) is 0 Å². The van der Waals surface area contributed by atoms with Crippen LogP contribution in [-0.4, -0.2) is 55.7 Å². The first-order chi connectivity index (χ1) is 6.52. The van der Waals surface area contributed by atoms with Crippen molar-refractivity contribution in [2.24, 2.45) is 0 Å². The van der Waals surface area contributed by atoms with Crippen molar-refractivity contribution in [3.8, 4) is 0 Å². The molecule has 6 heteroatoms. The van der Waals surface area contributed by atoms with Crippen LogP contribution in [0.3, 0.4) is 0 Å². The minimum Gasteiger partial charge on any atom is -0.481 e. The molecule has 0 rings (SSSR count). The summed E-state index contributed by atoms with van der Waals surface area (Å²) in [5.41, 5.74) is 0. The molecule has 0 spiro atoms. The molecular formula is C8H17N3O3. The van der Waals surface area contributed by atoms with Crippen molar-refractivity contribution in [1.29, 1.82) is 0 Å². The number of amides is 2. The van der Waals surface area contributed by atoms with Crippen LogP contribution < -0.4 is 10.6 Å². The Morgan fingerprint density at radius 2 is 1.79 bits per heavy atom. The summed E-state index contributed by atoms with van der Waals surface area (Å²) >= 11 is 0. The zero-order valence-corrected chi connectivity index (χ0v) is 8.54. The predicted octanol–water partition coefficient (Wildman–Crippen LogP) is -0.678. The number of carboxylic acid groups (broad SMARTS) is 1. The Balaban J connectivity index is 3.33. The van der Waals surface area contributed by atoms with Crippen molar-refractivity contribution in [2.75, 3.05) is 33.7 Å². The van der Waals surface area contributed by atoms with Gasteiger partial charge in [-0.25, -0.2) is 4.79 Å². The Bertz CT molecular complexity index is 194. The van der Waals surface area contributed by atoms with Crippen LogP contribution >= 0.6 is 0 Å². The highest BCUT2D eigenvalue weighted by molar-refractivity contribution is 5.74. The molecule has 0 saturated carbocycles. The van der Waals surface area contributed by atoms with E-state index in [4.69, 9.17) is 5.11 Å². The number of urea groups is 1. The summed E-state index contributed by atoms with van der Waals surface area (Å²) in [6, 6.07) is -0.326. The number of nitrogens with one attached hydrogen (secondary N) is 2. The lowest BCUT2D eigenvalue weighted by Crippen LogP contribution is -2.39. The van der Waals surface area contributed by atoms with Gasteiger partial charge in [-0.15, -0.1) is 0 Å². The molecule has 0 fully saturated rings. The van der Waals surface area contributed by atoms with E-state index in [2.05, 4.69) is 10.6 Å². The van der Waals surface area contributed by atoms with Gasteiger partial charge in [0.15, 0.2) is 0 Å². The first-order valence-corrected chi connectivity index (χ1v) is 4.40. The van der Waals surface area contributed by atoms with Gasteiger partial charge in [0.05, 0.1) is 6.42 Å². The molecular weight excluding hydrogens is 186 g/mol. The Morgan fingerprint density at radius 1 is 1.21 bits per heavy atom. The number of carbonyl (C=O) groups excluding carboxylic acids is 1. The maximum Gasteiger partial charge on any atom is 0.314 e. The second-order valence-corrected chi connectivity index (χ2v) is 3.13. The summed E-state index contributed by atoms with van der Waals surface area (Å²) in [6.45, 7) is 1.46. The lowest BCUT2D eigenvalue weighted by molar-refractivity contribution is -0.136. The van der Waals surface area contributed by atoms with Crippen molar-refractivity contribution in [1.82, 2.24) is 15.5 Å². The lowest BCUT2D eigenvalue weighted by atomic mass is 10.4. The van der Waals surface area contributed by atoms with Crippen molar-refractivity contribution in [3.63, 3.8) is 0 Å². The number of nitrogens with zero attached hydrogens (tertiary/aromatic N) is 1. The number of hydrogen-bond acceptors (Lipinski definition) is 3. The molecule has 14 heavy (non-hydrogen) atoms. The molecule has 0 aliphatic rings. The van der Waals surface area contributed by atoms with Gasteiger partial charge in [-0.3, -0.25) is 4.79 Å². The van der Waals surface area contributed by atoms with Gasteiger partial charge in [-0.2, -0.15) is 0 Å². The van der Waals surface area contributed by atoms with E-state index in [1.807, 2.05) is 19.0 Å². The summed E-state index contributed by atoms with van der Waals surface area (Å²) in [5.74, 6) is -0.918. The normalized spacial score (nSPS) is 9.93. The van der Waals surface area contributed by atoms with Crippen LogP contribution in [0.15, 0.2) is 0 Å². The average molecular weight is 203 g/mol. The van der Waals surface area contributed by atoms with E-state index in [1.165, 1.54) is 0 Å². The molecule has 0 bridgehead atoms. The third-order valence-electron chi connectivity index (χ3n) is 1.47. The molecule has 2 amide bonds. The molecule has 0 unspecified atom stereocenters. The number of carbonyl (C=O) groups is 2. The molecule has 0 aliphatic carbocycles. The maximum atomic E-state index is 11.0. The van der Waals surface area contributed by atoms with E-state index in [9.17, 15) is 9.59 Å². The molecule has 3 N–H and O–H groups in total. The smallest absolute Gasteiger partial charge is 0.314 e. The second-order valence-electron chi connectivity index (χ2n) is 3.13. The second kappa shape index (κ2) is 7.14. The zero-order chi connectivity index (χ0) is 11.0. The fourth-order valence-electron chi connectivity index (χ4n) is 0.739. The number of carboxylic acids is 1. The molecule has 82 valence electrons. The number of rotatable bonds is 6. The quantitative estimate of drug-likeness (QED) is 0.534. The summed E-state index contributed by atoms with van der Waals surface area (Å²) < 4.78 is 0. The lowest BCUT2D eigenvalue weighted by Gasteiger charge is -2.10. The van der Waals surface area contributed by atoms with E-state index >= 15 is 0 Å². The third kappa shape index (κ3) is 8.79. The van der Waals surface area contributed by atoms with Gasteiger partial charge in [0.2, 0.25) is 0 Å². The molecule has 0 saturated heterocycles. The highest BCUT2D eigenvalue weighted by Gasteiger charge is 2.00. The predicted molar refractivity (Wildman–Crippen MR) is 52.2 cm³/mol. The Hall–Kier alpha value is -1.30. The van der Waals surface area contributed by atoms with Crippen LogP contribution in [0.5, 0.6) is 0 Å². The SMILES string of the molecule is CN(C)CCNC(=O)NCCC(=O)O. The van der Waals surface area contributed by atoms with Gasteiger partial charge in [0.1, 0.15) is 0 Å². The highest BCUT2D eigenvalue weighted by Crippen LogP contribution is 1.76. The van der Waals surface area contributed by atoms with Gasteiger partial charge in [-0.05, 0) is 14.1 Å². The first-order valence-electron chi connectivity index (χ1n) is 4.40. The van der Waals surface area contributed by atoms with Crippen LogP contribution in [0, 0.1) is 0 Å². The van der Waals surface area contributed by atoms with E-state index in [-0.39, 0.29) is 19.0 Å². The minimum atomic E-state index is -0.918. The van der Waals surface area contributed by atoms with Crippen molar-refractivity contribution < 1.29 is 14.7 Å². The van der Waals surface area contributed by atoms with Crippen molar-refractivity contribution in [3.05, 3.63) is 0 Å².